The van der Waals surface area contributed by atoms with Gasteiger partial charge in [0.1, 0.15) is 5.75 Å². The zero-order valence-electron chi connectivity index (χ0n) is 9.15. The summed E-state index contributed by atoms with van der Waals surface area (Å²) >= 11 is 0. The standard InChI is InChI=1S/C11H13NO3S/c1-7(2)8-3-4-9-10(5-8)16(14,15)6-11(13)12-9/h3-5,7H,6H2,1-2H3,(H,12,13). The number of hydrogen-bond acceptors (Lipinski definition) is 3. The highest BCUT2D eigenvalue weighted by Crippen LogP contribution is 2.29. The fraction of sp³-hybridized carbons (Fsp3) is 0.364. The van der Waals surface area contributed by atoms with E-state index in [2.05, 4.69) is 5.32 Å². The van der Waals surface area contributed by atoms with Crippen LogP contribution in [0.4, 0.5) is 5.69 Å². The lowest BCUT2D eigenvalue weighted by Gasteiger charge is -2.18. The summed E-state index contributed by atoms with van der Waals surface area (Å²) in [5.41, 5.74) is 1.35. The first-order valence-electron chi connectivity index (χ1n) is 5.07. The topological polar surface area (TPSA) is 63.2 Å². The average molecular weight is 239 g/mol. The molecule has 0 aromatic heterocycles. The maximum absolute atomic E-state index is 11.8. The van der Waals surface area contributed by atoms with Gasteiger partial charge in [0.25, 0.3) is 0 Å². The van der Waals surface area contributed by atoms with E-state index in [1.54, 1.807) is 12.1 Å². The number of fused-ring (bicyclic) bond motifs is 1. The quantitative estimate of drug-likeness (QED) is 0.808. The number of carbonyl (C=O) groups excluding carboxylic acids is 1. The zero-order valence-corrected chi connectivity index (χ0v) is 9.97. The molecule has 1 aliphatic heterocycles. The van der Waals surface area contributed by atoms with Crippen LogP contribution in [-0.4, -0.2) is 20.1 Å². The Balaban J connectivity index is 2.62. The third-order valence-corrected chi connectivity index (χ3v) is 4.25. The predicted octanol–water partition coefficient (Wildman–Crippen LogP) is 1.54. The molecule has 16 heavy (non-hydrogen) atoms. The van der Waals surface area contributed by atoms with Gasteiger partial charge in [-0.3, -0.25) is 4.79 Å². The Hall–Kier alpha value is -1.36. The second-order valence-electron chi connectivity index (χ2n) is 4.22. The van der Waals surface area contributed by atoms with E-state index in [0.29, 0.717) is 5.69 Å². The van der Waals surface area contributed by atoms with Crippen molar-refractivity contribution in [2.75, 3.05) is 11.1 Å². The molecule has 0 fully saturated rings. The molecular weight excluding hydrogens is 226 g/mol. The van der Waals surface area contributed by atoms with Gasteiger partial charge in [-0.05, 0) is 23.6 Å². The summed E-state index contributed by atoms with van der Waals surface area (Å²) in [5, 5.41) is 2.56. The van der Waals surface area contributed by atoms with Crippen LogP contribution in [0.5, 0.6) is 0 Å². The fourth-order valence-electron chi connectivity index (χ4n) is 1.70. The molecule has 0 aliphatic carbocycles. The van der Waals surface area contributed by atoms with Crippen molar-refractivity contribution in [2.45, 2.75) is 24.7 Å². The van der Waals surface area contributed by atoms with Crippen molar-refractivity contribution in [2.24, 2.45) is 0 Å². The minimum Gasteiger partial charge on any atom is -0.324 e. The molecule has 1 N–H and O–H groups in total. The highest BCUT2D eigenvalue weighted by Gasteiger charge is 2.28. The van der Waals surface area contributed by atoms with Crippen molar-refractivity contribution in [3.8, 4) is 0 Å². The molecule has 1 aromatic carbocycles. The molecule has 0 saturated heterocycles. The van der Waals surface area contributed by atoms with Gasteiger partial charge < -0.3 is 5.32 Å². The first kappa shape index (κ1) is 11.1. The Morgan fingerprint density at radius 2 is 2.00 bits per heavy atom. The van der Waals surface area contributed by atoms with Crippen molar-refractivity contribution in [1.82, 2.24) is 0 Å². The number of rotatable bonds is 1. The summed E-state index contributed by atoms with van der Waals surface area (Å²) in [6, 6.07) is 5.14. The van der Waals surface area contributed by atoms with E-state index >= 15 is 0 Å². The minimum atomic E-state index is -3.46. The summed E-state index contributed by atoms with van der Waals surface area (Å²) in [5.74, 6) is -0.662. The Bertz CT molecular complexity index is 546. The third-order valence-electron chi connectivity index (χ3n) is 2.60. The third kappa shape index (κ3) is 1.82. The van der Waals surface area contributed by atoms with Crippen LogP contribution in [0.1, 0.15) is 25.3 Å². The maximum Gasteiger partial charge on any atom is 0.239 e. The molecule has 0 unspecified atom stereocenters. The lowest BCUT2D eigenvalue weighted by molar-refractivity contribution is -0.114. The van der Waals surface area contributed by atoms with Crippen LogP contribution in [0.2, 0.25) is 0 Å². The van der Waals surface area contributed by atoms with Gasteiger partial charge in [0, 0.05) is 0 Å². The molecule has 2 rings (SSSR count). The maximum atomic E-state index is 11.8. The largest absolute Gasteiger partial charge is 0.324 e. The van der Waals surface area contributed by atoms with E-state index in [1.165, 1.54) is 0 Å². The van der Waals surface area contributed by atoms with Crippen LogP contribution in [0.3, 0.4) is 0 Å². The average Bonchev–Trinajstić information content (AvgIpc) is 2.15. The molecule has 1 amide bonds. The summed E-state index contributed by atoms with van der Waals surface area (Å²) in [6.45, 7) is 3.99. The molecule has 1 aliphatic rings. The number of amides is 1. The molecule has 4 nitrogen and oxygen atoms in total. The molecule has 0 radical (unpaired) electrons. The highest BCUT2D eigenvalue weighted by atomic mass is 32.2. The Morgan fingerprint density at radius 1 is 1.31 bits per heavy atom. The van der Waals surface area contributed by atoms with Gasteiger partial charge in [-0.2, -0.15) is 0 Å². The van der Waals surface area contributed by atoms with Crippen LogP contribution in [0.25, 0.3) is 0 Å². The van der Waals surface area contributed by atoms with Crippen molar-refractivity contribution < 1.29 is 13.2 Å². The SMILES string of the molecule is CC(C)c1ccc2c(c1)S(=O)(=O)CC(=O)N2. The molecule has 86 valence electrons. The van der Waals surface area contributed by atoms with E-state index in [1.807, 2.05) is 19.9 Å². The molecular formula is C11H13NO3S. The summed E-state index contributed by atoms with van der Waals surface area (Å²) < 4.78 is 23.6. The van der Waals surface area contributed by atoms with Gasteiger partial charge in [-0.1, -0.05) is 19.9 Å². The van der Waals surface area contributed by atoms with E-state index in [-0.39, 0.29) is 10.8 Å². The Kier molecular flexibility index (Phi) is 2.50. The fourth-order valence-corrected chi connectivity index (χ4v) is 3.04. The molecule has 0 atom stereocenters. The number of carbonyl (C=O) groups is 1. The number of benzene rings is 1. The number of nitrogens with one attached hydrogen (secondary N) is 1. The first-order chi connectivity index (χ1) is 7.40. The van der Waals surface area contributed by atoms with Crippen molar-refractivity contribution in [3.05, 3.63) is 23.8 Å². The lowest BCUT2D eigenvalue weighted by atomic mass is 10.0. The summed E-state index contributed by atoms with van der Waals surface area (Å²) in [6.07, 6.45) is 0. The Labute approximate surface area is 94.6 Å². The van der Waals surface area contributed by atoms with Gasteiger partial charge in [-0.25, -0.2) is 8.42 Å². The monoisotopic (exact) mass is 239 g/mol. The van der Waals surface area contributed by atoms with E-state index in [4.69, 9.17) is 0 Å². The van der Waals surface area contributed by atoms with Crippen LogP contribution in [0, 0.1) is 0 Å². The predicted molar refractivity (Wildman–Crippen MR) is 61.2 cm³/mol. The van der Waals surface area contributed by atoms with Crippen molar-refractivity contribution in [1.29, 1.82) is 0 Å². The molecule has 0 saturated carbocycles. The van der Waals surface area contributed by atoms with Crippen LogP contribution < -0.4 is 5.32 Å². The highest BCUT2D eigenvalue weighted by molar-refractivity contribution is 7.92. The van der Waals surface area contributed by atoms with Crippen LogP contribution in [0.15, 0.2) is 23.1 Å². The van der Waals surface area contributed by atoms with Crippen molar-refractivity contribution >= 4 is 21.4 Å². The zero-order chi connectivity index (χ0) is 11.9. The van der Waals surface area contributed by atoms with Gasteiger partial charge in [0.05, 0.1) is 10.6 Å². The Morgan fingerprint density at radius 3 is 2.62 bits per heavy atom. The van der Waals surface area contributed by atoms with Crippen LogP contribution in [-0.2, 0) is 14.6 Å². The van der Waals surface area contributed by atoms with Gasteiger partial charge in [0.2, 0.25) is 5.91 Å². The van der Waals surface area contributed by atoms with Gasteiger partial charge in [-0.15, -0.1) is 0 Å². The van der Waals surface area contributed by atoms with Gasteiger partial charge >= 0.3 is 0 Å². The molecule has 0 spiro atoms. The smallest absolute Gasteiger partial charge is 0.239 e. The minimum absolute atomic E-state index is 0.235. The molecule has 5 heteroatoms. The number of anilines is 1. The number of hydrogen-bond donors (Lipinski definition) is 1. The molecule has 0 bridgehead atoms. The second kappa shape index (κ2) is 3.59. The van der Waals surface area contributed by atoms with E-state index < -0.39 is 21.5 Å². The number of sulfone groups is 1. The van der Waals surface area contributed by atoms with E-state index in [0.717, 1.165) is 5.56 Å². The summed E-state index contributed by atoms with van der Waals surface area (Å²) in [7, 11) is -3.46. The van der Waals surface area contributed by atoms with Crippen molar-refractivity contribution in [3.63, 3.8) is 0 Å². The second-order valence-corrected chi connectivity index (χ2v) is 6.18. The lowest BCUT2D eigenvalue weighted by Crippen LogP contribution is -2.29. The first-order valence-corrected chi connectivity index (χ1v) is 6.72. The molecule has 1 heterocycles. The molecule has 1 aromatic rings. The van der Waals surface area contributed by atoms with E-state index in [9.17, 15) is 13.2 Å². The van der Waals surface area contributed by atoms with Crippen LogP contribution >= 0.6 is 0 Å². The van der Waals surface area contributed by atoms with Gasteiger partial charge in [0.15, 0.2) is 9.84 Å². The summed E-state index contributed by atoms with van der Waals surface area (Å²) in [4.78, 5) is 11.4. The normalized spacial score (nSPS) is 18.1.